The Morgan fingerprint density at radius 3 is 2.93 bits per heavy atom. The molecule has 0 aliphatic carbocycles. The molecule has 1 aromatic heterocycles. The van der Waals surface area contributed by atoms with E-state index in [1.165, 1.54) is 6.21 Å². The number of halogens is 1. The number of nitrogens with one attached hydrogen (secondary N) is 1. The van der Waals surface area contributed by atoms with Crippen molar-refractivity contribution in [1.29, 1.82) is 0 Å². The van der Waals surface area contributed by atoms with Gasteiger partial charge in [0.2, 0.25) is 0 Å². The molecule has 138 valence electrons. The topological polar surface area (TPSA) is 73.1 Å². The fraction of sp³-hybridized carbons (Fsp3) is 0.100. The Bertz CT molecular complexity index is 1010. The maximum atomic E-state index is 12.3. The molecule has 0 fully saturated rings. The molecule has 7 heteroatoms. The minimum atomic E-state index is -0.465. The number of fused-ring (bicyclic) bond motifs is 1. The maximum absolute atomic E-state index is 12.3. The van der Waals surface area contributed by atoms with E-state index in [9.17, 15) is 4.79 Å². The summed E-state index contributed by atoms with van der Waals surface area (Å²) in [6.07, 6.45) is 3.16. The smallest absolute Gasteiger partial charge is 0.307 e. The van der Waals surface area contributed by atoms with Gasteiger partial charge < -0.3 is 13.9 Å². The first kappa shape index (κ1) is 18.7. The minimum absolute atomic E-state index is 0.143. The number of carbonyl (C=O) groups excluding carboxylic acids is 1. The van der Waals surface area contributed by atoms with Crippen LogP contribution >= 0.6 is 15.9 Å². The van der Waals surface area contributed by atoms with Gasteiger partial charge in [-0.25, -0.2) is 5.43 Å². The zero-order chi connectivity index (χ0) is 19.2. The van der Waals surface area contributed by atoms with Crippen molar-refractivity contribution >= 4 is 39.0 Å². The van der Waals surface area contributed by atoms with Crippen molar-refractivity contribution in [3.05, 3.63) is 70.9 Å². The van der Waals surface area contributed by atoms with Crippen molar-refractivity contribution in [2.75, 3.05) is 13.7 Å². The summed E-state index contributed by atoms with van der Waals surface area (Å²) in [4.78, 5) is 12.3. The summed E-state index contributed by atoms with van der Waals surface area (Å²) in [5.74, 6) is 0.870. The molecular formula is C20H17BrN2O4. The van der Waals surface area contributed by atoms with E-state index in [1.54, 1.807) is 25.3 Å². The fourth-order valence-electron chi connectivity index (χ4n) is 2.42. The van der Waals surface area contributed by atoms with Crippen molar-refractivity contribution in [2.45, 2.75) is 0 Å². The Hall–Kier alpha value is -3.06. The third-order valence-corrected chi connectivity index (χ3v) is 4.14. The van der Waals surface area contributed by atoms with Crippen molar-refractivity contribution in [2.24, 2.45) is 5.10 Å². The lowest BCUT2D eigenvalue weighted by Crippen LogP contribution is -2.16. The molecule has 0 bridgehead atoms. The Labute approximate surface area is 164 Å². The second-order valence-electron chi connectivity index (χ2n) is 5.47. The number of rotatable bonds is 7. The zero-order valence-corrected chi connectivity index (χ0v) is 16.2. The normalized spacial score (nSPS) is 10.9. The first-order chi connectivity index (χ1) is 13.1. The number of methoxy groups -OCH3 is 1. The van der Waals surface area contributed by atoms with Gasteiger partial charge in [-0.15, -0.1) is 0 Å². The number of carbonyl (C=O) groups is 1. The molecule has 0 unspecified atom stereocenters. The highest BCUT2D eigenvalue weighted by Crippen LogP contribution is 2.28. The molecule has 1 amide bonds. The highest BCUT2D eigenvalue weighted by Gasteiger charge is 2.14. The molecule has 2 aromatic carbocycles. The number of hydrogen-bond donors (Lipinski definition) is 1. The van der Waals surface area contributed by atoms with E-state index >= 15 is 0 Å². The predicted octanol–water partition coefficient (Wildman–Crippen LogP) is 4.53. The van der Waals surface area contributed by atoms with Crippen LogP contribution in [-0.4, -0.2) is 25.8 Å². The van der Waals surface area contributed by atoms with Gasteiger partial charge in [-0.1, -0.05) is 40.7 Å². The molecule has 0 aliphatic rings. The zero-order valence-electron chi connectivity index (χ0n) is 14.6. The van der Waals surface area contributed by atoms with Gasteiger partial charge in [0.25, 0.3) is 0 Å². The van der Waals surface area contributed by atoms with E-state index in [1.807, 2.05) is 30.3 Å². The molecule has 1 heterocycles. The van der Waals surface area contributed by atoms with E-state index in [0.717, 1.165) is 9.86 Å². The monoisotopic (exact) mass is 428 g/mol. The molecule has 0 saturated carbocycles. The Morgan fingerprint density at radius 2 is 2.15 bits per heavy atom. The van der Waals surface area contributed by atoms with E-state index in [-0.39, 0.29) is 5.76 Å². The van der Waals surface area contributed by atoms with Crippen molar-refractivity contribution in [3.63, 3.8) is 0 Å². The lowest BCUT2D eigenvalue weighted by molar-refractivity contribution is 0.0929. The molecule has 0 atom stereocenters. The van der Waals surface area contributed by atoms with Crippen LogP contribution in [0.25, 0.3) is 11.0 Å². The molecule has 3 aromatic rings. The van der Waals surface area contributed by atoms with E-state index in [2.05, 4.69) is 33.0 Å². The lowest BCUT2D eigenvalue weighted by Gasteiger charge is -2.07. The summed E-state index contributed by atoms with van der Waals surface area (Å²) in [6.45, 7) is 4.00. The number of nitrogens with zero attached hydrogens (tertiary/aromatic N) is 1. The van der Waals surface area contributed by atoms with E-state index in [4.69, 9.17) is 13.9 Å². The number of furan rings is 1. The average molecular weight is 429 g/mol. The van der Waals surface area contributed by atoms with Crippen LogP contribution in [0.5, 0.6) is 11.5 Å². The molecular weight excluding hydrogens is 412 g/mol. The van der Waals surface area contributed by atoms with Gasteiger partial charge in [-0.05, 0) is 30.3 Å². The number of ether oxygens (including phenoxy) is 2. The second kappa shape index (κ2) is 8.55. The van der Waals surface area contributed by atoms with Crippen LogP contribution in [0.4, 0.5) is 0 Å². The average Bonchev–Trinajstić information content (AvgIpc) is 3.11. The van der Waals surface area contributed by atoms with Crippen molar-refractivity contribution in [3.8, 4) is 11.5 Å². The van der Waals surface area contributed by atoms with Crippen LogP contribution in [0.2, 0.25) is 0 Å². The van der Waals surface area contributed by atoms with Crippen LogP contribution in [0.3, 0.4) is 0 Å². The maximum Gasteiger partial charge on any atom is 0.307 e. The third kappa shape index (κ3) is 4.38. The molecule has 1 N–H and O–H groups in total. The highest BCUT2D eigenvalue weighted by atomic mass is 79.9. The molecule has 3 rings (SSSR count). The van der Waals surface area contributed by atoms with Crippen LogP contribution in [0.15, 0.2) is 69.1 Å². The number of hydrogen-bond acceptors (Lipinski definition) is 5. The van der Waals surface area contributed by atoms with Crippen LogP contribution in [-0.2, 0) is 0 Å². The largest absolute Gasteiger partial charge is 0.493 e. The highest BCUT2D eigenvalue weighted by molar-refractivity contribution is 9.10. The van der Waals surface area contributed by atoms with Crippen LogP contribution < -0.4 is 14.9 Å². The molecule has 0 saturated heterocycles. The number of hydrazone groups is 1. The SMILES string of the molecule is C=CCOc1ccc(Br)cc1/C=N\NC(=O)c1cc2cccc(OC)c2o1. The molecule has 6 nitrogen and oxygen atoms in total. The Balaban J connectivity index is 1.76. The van der Waals surface area contributed by atoms with Gasteiger partial charge in [0.05, 0.1) is 13.3 Å². The first-order valence-electron chi connectivity index (χ1n) is 8.05. The molecule has 0 spiro atoms. The van der Waals surface area contributed by atoms with Gasteiger partial charge >= 0.3 is 5.91 Å². The number of para-hydroxylation sites is 1. The summed E-state index contributed by atoms with van der Waals surface area (Å²) in [6, 6.07) is 12.6. The van der Waals surface area contributed by atoms with Gasteiger partial charge in [-0.2, -0.15) is 5.10 Å². The first-order valence-corrected chi connectivity index (χ1v) is 8.85. The molecule has 0 radical (unpaired) electrons. The lowest BCUT2D eigenvalue weighted by atomic mass is 10.2. The fourth-order valence-corrected chi connectivity index (χ4v) is 2.80. The summed E-state index contributed by atoms with van der Waals surface area (Å²) in [5, 5.41) is 4.77. The van der Waals surface area contributed by atoms with Crippen molar-refractivity contribution in [1.82, 2.24) is 5.43 Å². The van der Waals surface area contributed by atoms with Gasteiger partial charge in [0.15, 0.2) is 17.1 Å². The van der Waals surface area contributed by atoms with Crippen LogP contribution in [0.1, 0.15) is 16.1 Å². The number of amides is 1. The third-order valence-electron chi connectivity index (χ3n) is 3.65. The Morgan fingerprint density at radius 1 is 1.30 bits per heavy atom. The summed E-state index contributed by atoms with van der Waals surface area (Å²) < 4.78 is 17.3. The van der Waals surface area contributed by atoms with Gasteiger partial charge in [-0.3, -0.25) is 4.79 Å². The standard InChI is InChI=1S/C20H17BrN2O4/c1-3-9-26-16-8-7-15(21)10-14(16)12-22-23-20(24)18-11-13-5-4-6-17(25-2)19(13)27-18/h3-8,10-12H,1,9H2,2H3,(H,23,24)/b22-12-. The summed E-state index contributed by atoms with van der Waals surface area (Å²) in [7, 11) is 1.55. The van der Waals surface area contributed by atoms with E-state index in [0.29, 0.717) is 29.3 Å². The van der Waals surface area contributed by atoms with Gasteiger partial charge in [0.1, 0.15) is 12.4 Å². The van der Waals surface area contributed by atoms with Crippen LogP contribution in [0, 0.1) is 0 Å². The predicted molar refractivity (Wildman–Crippen MR) is 108 cm³/mol. The minimum Gasteiger partial charge on any atom is -0.493 e. The van der Waals surface area contributed by atoms with Gasteiger partial charge in [0, 0.05) is 15.4 Å². The molecule has 0 aliphatic heterocycles. The summed E-state index contributed by atoms with van der Waals surface area (Å²) >= 11 is 3.40. The quantitative estimate of drug-likeness (QED) is 0.340. The Kier molecular flexibility index (Phi) is 5.93. The second-order valence-corrected chi connectivity index (χ2v) is 6.39. The molecule has 27 heavy (non-hydrogen) atoms. The number of benzene rings is 2. The van der Waals surface area contributed by atoms with Crippen molar-refractivity contribution < 1.29 is 18.7 Å². The van der Waals surface area contributed by atoms with E-state index < -0.39 is 5.91 Å². The summed E-state index contributed by atoms with van der Waals surface area (Å²) in [5.41, 5.74) is 3.67.